The second kappa shape index (κ2) is 5.22. The minimum absolute atomic E-state index is 0.169. The molecule has 0 aliphatic rings. The van der Waals surface area contributed by atoms with Gasteiger partial charge in [0.15, 0.2) is 11.5 Å². The number of rotatable bonds is 4. The molecule has 1 aromatic heterocycles. The largest absolute Gasteiger partial charge is 0.504 e. The zero-order chi connectivity index (χ0) is 13.0. The molecular formula is C12H12N2O4. The van der Waals surface area contributed by atoms with Crippen molar-refractivity contribution in [3.63, 3.8) is 0 Å². The van der Waals surface area contributed by atoms with Crippen LogP contribution in [0.3, 0.4) is 0 Å². The number of carbonyl (C=O) groups excluding carboxylic acids is 1. The summed E-state index contributed by atoms with van der Waals surface area (Å²) in [4.78, 5) is 20.1. The Labute approximate surface area is 103 Å². The van der Waals surface area contributed by atoms with Crippen molar-refractivity contribution in [2.75, 3.05) is 0 Å². The number of phenolic OH excluding ortho intramolecular Hbond substituents is 2. The van der Waals surface area contributed by atoms with Crippen LogP contribution >= 0.6 is 0 Å². The van der Waals surface area contributed by atoms with Crippen LogP contribution in [0.15, 0.2) is 36.9 Å². The summed E-state index contributed by atoms with van der Waals surface area (Å²) in [6.45, 7) is 0. The average molecular weight is 248 g/mol. The number of phenols is 2. The molecule has 0 aliphatic heterocycles. The summed E-state index contributed by atoms with van der Waals surface area (Å²) < 4.78 is 1.22. The van der Waals surface area contributed by atoms with Gasteiger partial charge in [0.25, 0.3) is 0 Å². The van der Waals surface area contributed by atoms with Gasteiger partial charge in [0.1, 0.15) is 6.33 Å². The van der Waals surface area contributed by atoms with E-state index in [1.54, 1.807) is 6.07 Å². The fourth-order valence-corrected chi connectivity index (χ4v) is 1.44. The van der Waals surface area contributed by atoms with Gasteiger partial charge in [-0.3, -0.25) is 0 Å². The highest BCUT2D eigenvalue weighted by atomic mass is 16.7. The maximum atomic E-state index is 11.5. The molecule has 18 heavy (non-hydrogen) atoms. The molecule has 0 spiro atoms. The van der Waals surface area contributed by atoms with Gasteiger partial charge in [-0.2, -0.15) is 4.73 Å². The van der Waals surface area contributed by atoms with Crippen molar-refractivity contribution in [2.24, 2.45) is 0 Å². The number of benzene rings is 1. The number of nitrogens with zero attached hydrogens (tertiary/aromatic N) is 2. The lowest BCUT2D eigenvalue weighted by Gasteiger charge is -2.04. The van der Waals surface area contributed by atoms with E-state index >= 15 is 0 Å². The Hall–Kier alpha value is -2.50. The molecule has 2 rings (SSSR count). The van der Waals surface area contributed by atoms with E-state index in [9.17, 15) is 9.90 Å². The van der Waals surface area contributed by atoms with E-state index in [1.807, 2.05) is 0 Å². The molecule has 0 fully saturated rings. The molecule has 0 aliphatic carbocycles. The number of carbonyl (C=O) groups is 1. The Bertz CT molecular complexity index is 537. The van der Waals surface area contributed by atoms with Crippen molar-refractivity contribution in [2.45, 2.75) is 12.8 Å². The summed E-state index contributed by atoms with van der Waals surface area (Å²) in [5.74, 6) is -0.782. The standard InChI is InChI=1S/C12H12N2O4/c15-10-3-1-9(7-11(10)16)2-4-12(17)18-14-6-5-13-8-14/h1,3,5-8,15-16H,2,4H2. The van der Waals surface area contributed by atoms with Crippen molar-refractivity contribution in [1.29, 1.82) is 0 Å². The molecule has 6 heteroatoms. The van der Waals surface area contributed by atoms with Crippen LogP contribution in [-0.4, -0.2) is 25.9 Å². The van der Waals surface area contributed by atoms with Crippen LogP contribution in [-0.2, 0) is 11.2 Å². The average Bonchev–Trinajstić information content (AvgIpc) is 2.83. The number of hydrogen-bond donors (Lipinski definition) is 2. The van der Waals surface area contributed by atoms with Gasteiger partial charge in [-0.15, -0.1) is 0 Å². The zero-order valence-electron chi connectivity index (χ0n) is 9.48. The molecular weight excluding hydrogens is 236 g/mol. The molecule has 1 aromatic carbocycles. The zero-order valence-corrected chi connectivity index (χ0v) is 9.48. The van der Waals surface area contributed by atoms with Crippen LogP contribution in [0, 0.1) is 0 Å². The highest BCUT2D eigenvalue weighted by Gasteiger charge is 2.07. The van der Waals surface area contributed by atoms with Crippen LogP contribution in [0.2, 0.25) is 0 Å². The number of imidazole rings is 1. The predicted octanol–water partition coefficient (Wildman–Crippen LogP) is 0.882. The van der Waals surface area contributed by atoms with Crippen LogP contribution < -0.4 is 4.84 Å². The molecule has 2 N–H and O–H groups in total. The van der Waals surface area contributed by atoms with Gasteiger partial charge in [0.05, 0.1) is 12.6 Å². The van der Waals surface area contributed by atoms with Gasteiger partial charge >= 0.3 is 5.97 Å². The molecule has 0 unspecified atom stereocenters. The summed E-state index contributed by atoms with van der Waals surface area (Å²) in [7, 11) is 0. The molecule has 0 saturated carbocycles. The topological polar surface area (TPSA) is 84.6 Å². The fourth-order valence-electron chi connectivity index (χ4n) is 1.44. The molecule has 1 heterocycles. The van der Waals surface area contributed by atoms with E-state index in [0.29, 0.717) is 6.42 Å². The summed E-state index contributed by atoms with van der Waals surface area (Å²) in [6.07, 6.45) is 4.99. The lowest BCUT2D eigenvalue weighted by Crippen LogP contribution is -2.18. The van der Waals surface area contributed by atoms with Gasteiger partial charge in [0, 0.05) is 6.20 Å². The molecule has 0 radical (unpaired) electrons. The van der Waals surface area contributed by atoms with Crippen molar-refractivity contribution in [1.82, 2.24) is 9.71 Å². The van der Waals surface area contributed by atoms with Crippen LogP contribution in [0.5, 0.6) is 11.5 Å². The van der Waals surface area contributed by atoms with Crippen LogP contribution in [0.25, 0.3) is 0 Å². The van der Waals surface area contributed by atoms with E-state index in [-0.39, 0.29) is 17.9 Å². The van der Waals surface area contributed by atoms with E-state index in [4.69, 9.17) is 9.94 Å². The third-order valence-electron chi connectivity index (χ3n) is 2.34. The second-order valence-electron chi connectivity index (χ2n) is 3.71. The third kappa shape index (κ3) is 3.00. The molecule has 0 atom stereocenters. The quantitative estimate of drug-likeness (QED) is 0.785. The Morgan fingerprint density at radius 3 is 2.83 bits per heavy atom. The van der Waals surface area contributed by atoms with Gasteiger partial charge in [0.2, 0.25) is 0 Å². The van der Waals surface area contributed by atoms with Gasteiger partial charge in [-0.1, -0.05) is 6.07 Å². The third-order valence-corrected chi connectivity index (χ3v) is 2.34. The van der Waals surface area contributed by atoms with Crippen LogP contribution in [0.4, 0.5) is 0 Å². The maximum absolute atomic E-state index is 11.5. The Morgan fingerprint density at radius 2 is 2.17 bits per heavy atom. The SMILES string of the molecule is O=C(CCc1ccc(O)c(O)c1)On1ccnc1. The Kier molecular flexibility index (Phi) is 3.47. The van der Waals surface area contributed by atoms with Crippen molar-refractivity contribution >= 4 is 5.97 Å². The monoisotopic (exact) mass is 248 g/mol. The number of aryl methyl sites for hydroxylation is 1. The molecule has 6 nitrogen and oxygen atoms in total. The fraction of sp³-hybridized carbons (Fsp3) is 0.167. The molecule has 0 saturated heterocycles. The highest BCUT2D eigenvalue weighted by molar-refractivity contribution is 5.70. The van der Waals surface area contributed by atoms with Gasteiger partial charge in [-0.05, 0) is 24.1 Å². The van der Waals surface area contributed by atoms with E-state index in [2.05, 4.69) is 4.98 Å². The first kappa shape index (κ1) is 12.0. The second-order valence-corrected chi connectivity index (χ2v) is 3.71. The Balaban J connectivity index is 1.87. The minimum Gasteiger partial charge on any atom is -0.504 e. The molecule has 0 amide bonds. The predicted molar refractivity (Wildman–Crippen MR) is 61.9 cm³/mol. The summed E-state index contributed by atoms with van der Waals surface area (Å²) in [6, 6.07) is 4.44. The maximum Gasteiger partial charge on any atom is 0.333 e. The van der Waals surface area contributed by atoms with Gasteiger partial charge in [-0.25, -0.2) is 9.78 Å². The molecule has 0 bridgehead atoms. The molecule has 2 aromatic rings. The van der Waals surface area contributed by atoms with Crippen molar-refractivity contribution < 1.29 is 19.8 Å². The smallest absolute Gasteiger partial charge is 0.333 e. The number of hydrogen-bond acceptors (Lipinski definition) is 5. The summed E-state index contributed by atoms with van der Waals surface area (Å²) in [5, 5.41) is 18.4. The lowest BCUT2D eigenvalue weighted by molar-refractivity contribution is -0.144. The first-order chi connectivity index (χ1) is 8.65. The molecule has 94 valence electrons. The van der Waals surface area contributed by atoms with E-state index in [0.717, 1.165) is 5.56 Å². The Morgan fingerprint density at radius 1 is 1.33 bits per heavy atom. The van der Waals surface area contributed by atoms with Crippen molar-refractivity contribution in [3.05, 3.63) is 42.5 Å². The van der Waals surface area contributed by atoms with Crippen molar-refractivity contribution in [3.8, 4) is 11.5 Å². The van der Waals surface area contributed by atoms with Gasteiger partial charge < -0.3 is 15.1 Å². The normalized spacial score (nSPS) is 10.2. The lowest BCUT2D eigenvalue weighted by atomic mass is 10.1. The first-order valence-corrected chi connectivity index (χ1v) is 5.35. The summed E-state index contributed by atoms with van der Waals surface area (Å²) in [5.41, 5.74) is 0.743. The first-order valence-electron chi connectivity index (χ1n) is 5.35. The number of aromatic nitrogens is 2. The van der Waals surface area contributed by atoms with E-state index < -0.39 is 5.97 Å². The van der Waals surface area contributed by atoms with Crippen LogP contribution in [0.1, 0.15) is 12.0 Å². The van der Waals surface area contributed by atoms with E-state index in [1.165, 1.54) is 35.6 Å². The highest BCUT2D eigenvalue weighted by Crippen LogP contribution is 2.25. The number of aromatic hydroxyl groups is 2. The minimum atomic E-state index is -0.402. The summed E-state index contributed by atoms with van der Waals surface area (Å²) >= 11 is 0.